The molecule has 3 aliphatic heterocycles. The molecular formula is C27H33N5O3S. The van der Waals surface area contributed by atoms with Gasteiger partial charge in [-0.05, 0) is 44.0 Å². The summed E-state index contributed by atoms with van der Waals surface area (Å²) in [6.45, 7) is 8.73. The molecule has 2 aromatic heterocycles. The largest absolute Gasteiger partial charge is 0.489 e. The van der Waals surface area contributed by atoms with Gasteiger partial charge in [-0.3, -0.25) is 14.7 Å². The van der Waals surface area contributed by atoms with Gasteiger partial charge in [0.2, 0.25) is 5.91 Å². The molecule has 0 saturated carbocycles. The molecule has 2 atom stereocenters. The summed E-state index contributed by atoms with van der Waals surface area (Å²) in [5.41, 5.74) is 5.83. The number of carbonyl (C=O) groups is 1. The highest BCUT2D eigenvalue weighted by Gasteiger charge is 2.29. The number of benzene rings is 1. The molecule has 0 radical (unpaired) electrons. The highest BCUT2D eigenvalue weighted by atomic mass is 32.1. The minimum absolute atomic E-state index is 0.0698. The number of nitrogens with one attached hydrogen (secondary N) is 1. The standard InChI is InChI=1S/C27H33N5O3S/c1-18(20-14-26(33)29-15-20)35-25-13-19(12-24-27(25)36-17-30-24)23-3-2-22(16-28-23)32-8-6-31(7-9-32)21-4-10-34-11-5-21/h2-3,12-13,16-18,20-21H,4-11,14-15H2,1H3,(H,29,33)/t18-,20-/m0/s1. The van der Waals surface area contributed by atoms with E-state index in [-0.39, 0.29) is 17.9 Å². The summed E-state index contributed by atoms with van der Waals surface area (Å²) in [6, 6.07) is 9.10. The number of aromatic nitrogens is 2. The van der Waals surface area contributed by atoms with Crippen molar-refractivity contribution in [3.8, 4) is 17.0 Å². The van der Waals surface area contributed by atoms with E-state index < -0.39 is 0 Å². The van der Waals surface area contributed by atoms with Crippen molar-refractivity contribution in [1.29, 1.82) is 0 Å². The van der Waals surface area contributed by atoms with Crippen LogP contribution in [0.2, 0.25) is 0 Å². The lowest BCUT2D eigenvalue weighted by molar-refractivity contribution is -0.119. The number of rotatable bonds is 6. The molecule has 3 fully saturated rings. The second kappa shape index (κ2) is 10.3. The van der Waals surface area contributed by atoms with E-state index >= 15 is 0 Å². The van der Waals surface area contributed by atoms with E-state index in [0.29, 0.717) is 19.0 Å². The lowest BCUT2D eigenvalue weighted by atomic mass is 10.0. The molecule has 36 heavy (non-hydrogen) atoms. The molecule has 0 bridgehead atoms. The number of carbonyl (C=O) groups excluding carboxylic acids is 1. The van der Waals surface area contributed by atoms with Crippen molar-refractivity contribution in [2.24, 2.45) is 5.92 Å². The molecule has 1 aromatic carbocycles. The molecular weight excluding hydrogens is 474 g/mol. The maximum Gasteiger partial charge on any atom is 0.220 e. The number of nitrogens with zero attached hydrogens (tertiary/aromatic N) is 4. The van der Waals surface area contributed by atoms with Crippen LogP contribution < -0.4 is 15.0 Å². The van der Waals surface area contributed by atoms with Crippen LogP contribution in [0.4, 0.5) is 5.69 Å². The van der Waals surface area contributed by atoms with Gasteiger partial charge in [0, 0.05) is 69.9 Å². The Morgan fingerprint density at radius 3 is 2.69 bits per heavy atom. The molecule has 9 heteroatoms. The molecule has 190 valence electrons. The molecule has 0 unspecified atom stereocenters. The quantitative estimate of drug-likeness (QED) is 0.547. The summed E-state index contributed by atoms with van der Waals surface area (Å²) in [5, 5.41) is 2.91. The van der Waals surface area contributed by atoms with Crippen molar-refractivity contribution >= 4 is 33.1 Å². The molecule has 1 amide bonds. The van der Waals surface area contributed by atoms with Crippen LogP contribution in [0.1, 0.15) is 26.2 Å². The fourth-order valence-corrected chi connectivity index (χ4v) is 6.30. The summed E-state index contributed by atoms with van der Waals surface area (Å²) in [6.07, 6.45) is 4.74. The highest BCUT2D eigenvalue weighted by molar-refractivity contribution is 7.17. The Labute approximate surface area is 215 Å². The highest BCUT2D eigenvalue weighted by Crippen LogP contribution is 2.36. The number of hydrogen-bond donors (Lipinski definition) is 1. The van der Waals surface area contributed by atoms with Crippen LogP contribution >= 0.6 is 11.3 Å². The van der Waals surface area contributed by atoms with Crippen molar-refractivity contribution in [2.45, 2.75) is 38.3 Å². The topological polar surface area (TPSA) is 79.8 Å². The maximum absolute atomic E-state index is 11.7. The zero-order valence-electron chi connectivity index (χ0n) is 20.7. The molecule has 1 N–H and O–H groups in total. The Morgan fingerprint density at radius 1 is 1.14 bits per heavy atom. The predicted molar refractivity (Wildman–Crippen MR) is 142 cm³/mol. The molecule has 5 heterocycles. The summed E-state index contributed by atoms with van der Waals surface area (Å²) >= 11 is 1.58. The summed E-state index contributed by atoms with van der Waals surface area (Å²) < 4.78 is 12.9. The Morgan fingerprint density at radius 2 is 1.97 bits per heavy atom. The average molecular weight is 508 g/mol. The Bertz CT molecular complexity index is 1200. The van der Waals surface area contributed by atoms with Gasteiger partial charge in [0.1, 0.15) is 11.9 Å². The van der Waals surface area contributed by atoms with Crippen LogP contribution in [-0.2, 0) is 9.53 Å². The second-order valence-corrected chi connectivity index (χ2v) is 10.9. The smallest absolute Gasteiger partial charge is 0.220 e. The molecule has 6 rings (SSSR count). The first-order valence-electron chi connectivity index (χ1n) is 13.0. The molecule has 8 nitrogen and oxygen atoms in total. The number of pyridine rings is 1. The molecule has 3 aromatic rings. The Hall–Kier alpha value is -2.75. The zero-order chi connectivity index (χ0) is 24.5. The first-order chi connectivity index (χ1) is 17.6. The fraction of sp³-hybridized carbons (Fsp3) is 0.519. The van der Waals surface area contributed by atoms with Crippen LogP contribution in [0.3, 0.4) is 0 Å². The molecule has 0 spiro atoms. The van der Waals surface area contributed by atoms with Gasteiger partial charge in [-0.2, -0.15) is 0 Å². The molecule has 0 aliphatic carbocycles. The SMILES string of the molecule is C[C@H](Oc1cc(-c2ccc(N3CCN(C4CCOCC4)CC3)cn2)cc2ncsc12)[C@@H]1CNC(=O)C1. The van der Waals surface area contributed by atoms with E-state index in [4.69, 9.17) is 14.5 Å². The Kier molecular flexibility index (Phi) is 6.77. The second-order valence-electron chi connectivity index (χ2n) is 10.0. The van der Waals surface area contributed by atoms with Gasteiger partial charge in [0.05, 0.1) is 33.3 Å². The monoisotopic (exact) mass is 507 g/mol. The van der Waals surface area contributed by atoms with Gasteiger partial charge in [-0.25, -0.2) is 4.98 Å². The first-order valence-corrected chi connectivity index (χ1v) is 13.9. The minimum atomic E-state index is -0.0698. The number of amides is 1. The third-order valence-corrected chi connectivity index (χ3v) is 8.67. The van der Waals surface area contributed by atoms with Gasteiger partial charge in [-0.15, -0.1) is 11.3 Å². The van der Waals surface area contributed by atoms with Crippen LogP contribution in [0.25, 0.3) is 21.5 Å². The molecule has 3 aliphatic rings. The fourth-order valence-electron chi connectivity index (χ4n) is 5.57. The van der Waals surface area contributed by atoms with Crippen molar-refractivity contribution in [1.82, 2.24) is 20.2 Å². The van der Waals surface area contributed by atoms with E-state index in [1.165, 1.54) is 5.69 Å². The van der Waals surface area contributed by atoms with Crippen LogP contribution in [0.15, 0.2) is 36.0 Å². The van der Waals surface area contributed by atoms with Gasteiger partial charge < -0.3 is 19.7 Å². The number of ether oxygens (including phenoxy) is 2. The molecule has 3 saturated heterocycles. The number of fused-ring (bicyclic) bond motifs is 1. The van der Waals surface area contributed by atoms with Crippen molar-refractivity contribution in [3.63, 3.8) is 0 Å². The summed E-state index contributed by atoms with van der Waals surface area (Å²) in [5.74, 6) is 1.09. The summed E-state index contributed by atoms with van der Waals surface area (Å²) in [4.78, 5) is 26.1. The third kappa shape index (κ3) is 4.92. The van der Waals surface area contributed by atoms with Crippen molar-refractivity contribution in [3.05, 3.63) is 36.0 Å². The maximum atomic E-state index is 11.7. The van der Waals surface area contributed by atoms with Crippen LogP contribution in [-0.4, -0.2) is 78.9 Å². The van der Waals surface area contributed by atoms with Gasteiger partial charge in [0.25, 0.3) is 0 Å². The zero-order valence-corrected chi connectivity index (χ0v) is 21.5. The van der Waals surface area contributed by atoms with Gasteiger partial charge in [-0.1, -0.05) is 0 Å². The minimum Gasteiger partial charge on any atom is -0.489 e. The number of anilines is 1. The van der Waals surface area contributed by atoms with Crippen molar-refractivity contribution < 1.29 is 14.3 Å². The van der Waals surface area contributed by atoms with Crippen molar-refractivity contribution in [2.75, 3.05) is 50.8 Å². The van der Waals surface area contributed by atoms with E-state index in [2.05, 4.69) is 44.4 Å². The van der Waals surface area contributed by atoms with Crippen LogP contribution in [0.5, 0.6) is 5.75 Å². The lowest BCUT2D eigenvalue weighted by Crippen LogP contribution is -2.51. The third-order valence-electron chi connectivity index (χ3n) is 7.81. The van der Waals surface area contributed by atoms with Gasteiger partial charge in [0.15, 0.2) is 0 Å². The van der Waals surface area contributed by atoms with E-state index in [1.807, 2.05) is 18.6 Å². The summed E-state index contributed by atoms with van der Waals surface area (Å²) in [7, 11) is 0. The number of hydrogen-bond acceptors (Lipinski definition) is 8. The number of piperazine rings is 1. The van der Waals surface area contributed by atoms with E-state index in [1.54, 1.807) is 11.3 Å². The van der Waals surface area contributed by atoms with Gasteiger partial charge >= 0.3 is 0 Å². The van der Waals surface area contributed by atoms with E-state index in [9.17, 15) is 4.79 Å². The Balaban J connectivity index is 1.15. The first kappa shape index (κ1) is 23.6. The lowest BCUT2D eigenvalue weighted by Gasteiger charge is -2.41. The van der Waals surface area contributed by atoms with Crippen LogP contribution in [0, 0.1) is 5.92 Å². The average Bonchev–Trinajstić information content (AvgIpc) is 3.59. The predicted octanol–water partition coefficient (Wildman–Crippen LogP) is 3.56. The van der Waals surface area contributed by atoms with E-state index in [0.717, 1.165) is 79.5 Å². The number of thiazole rings is 1. The normalized spacial score (nSPS) is 22.6.